The minimum absolute atomic E-state index is 0.0451. The van der Waals surface area contributed by atoms with Crippen LogP contribution in [-0.4, -0.2) is 11.1 Å². The highest BCUT2D eigenvalue weighted by atomic mass is 32.1. The van der Waals surface area contributed by atoms with Gasteiger partial charge in [0.2, 0.25) is 0 Å². The van der Waals surface area contributed by atoms with Gasteiger partial charge in [-0.15, -0.1) is 11.3 Å². The van der Waals surface area contributed by atoms with E-state index in [0.717, 1.165) is 79.5 Å². The van der Waals surface area contributed by atoms with Crippen LogP contribution >= 0.6 is 11.3 Å². The van der Waals surface area contributed by atoms with E-state index in [2.05, 4.69) is 179 Å². The first kappa shape index (κ1) is 52.9. The lowest BCUT2D eigenvalue weighted by Crippen LogP contribution is -2.27. The highest BCUT2D eigenvalue weighted by Crippen LogP contribution is 2.60. The monoisotopic (exact) mass is 1020 g/mol. The number of thiophene rings is 1. The maximum absolute atomic E-state index is 11.8. The van der Waals surface area contributed by atoms with Gasteiger partial charge in [-0.1, -0.05) is 197 Å². The molecule has 0 radical (unpaired) electrons. The lowest BCUT2D eigenvalue weighted by Gasteiger charge is -2.36. The summed E-state index contributed by atoms with van der Waals surface area (Å²) in [5.41, 5.74) is 21.4. The third-order valence-corrected chi connectivity index (χ3v) is 19.0. The lowest BCUT2D eigenvalue weighted by molar-refractivity contribution is -0.132. The molecular weight excluding hydrogens is 945 g/mol. The third kappa shape index (κ3) is 9.17. The van der Waals surface area contributed by atoms with E-state index in [-0.39, 0.29) is 21.9 Å². The molecule has 3 aliphatic carbocycles. The lowest BCUT2D eigenvalue weighted by atomic mass is 9.70. The van der Waals surface area contributed by atoms with Gasteiger partial charge in [0.15, 0.2) is 0 Å². The minimum atomic E-state index is -1.20. The highest BCUT2D eigenvalue weighted by molar-refractivity contribution is 7.16. The highest BCUT2D eigenvalue weighted by Gasteiger charge is 2.46. The number of anilines is 3. The fraction of sp³-hybridized carbons (Fsp3) is 0.380. The molecule has 4 nitrogen and oxygen atoms in total. The van der Waals surface area contributed by atoms with Crippen LogP contribution in [0.4, 0.5) is 17.1 Å². The first-order valence-corrected chi connectivity index (χ1v) is 30.0. The van der Waals surface area contributed by atoms with E-state index in [0.29, 0.717) is 0 Å². The zero-order valence-corrected chi connectivity index (χ0v) is 47.0. The summed E-state index contributed by atoms with van der Waals surface area (Å²) in [6, 6.07) is 52.3. The Bertz CT molecular complexity index is 3180. The minimum Gasteiger partial charge on any atom is -0.486 e. The summed E-state index contributed by atoms with van der Waals surface area (Å²) in [7, 11) is 0. The van der Waals surface area contributed by atoms with Gasteiger partial charge in [-0.25, -0.2) is 4.85 Å². The summed E-state index contributed by atoms with van der Waals surface area (Å²) in [4.78, 5) is 19.6. The van der Waals surface area contributed by atoms with Gasteiger partial charge < -0.3 is 10.0 Å². The Morgan fingerprint density at radius 2 is 0.829 bits per heavy atom. The predicted octanol–water partition coefficient (Wildman–Crippen LogP) is 21.2. The van der Waals surface area contributed by atoms with Gasteiger partial charge in [0, 0.05) is 43.1 Å². The summed E-state index contributed by atoms with van der Waals surface area (Å²) in [6.07, 6.45) is 22.1. The number of fused-ring (bicyclic) bond motifs is 9. The molecule has 1 heterocycles. The third-order valence-electron chi connectivity index (χ3n) is 17.9. The molecule has 0 unspecified atom stereocenters. The number of unbranched alkanes of at least 4 members (excludes halogenated alkanes) is 6. The molecule has 0 bridgehead atoms. The Balaban J connectivity index is 1.19. The Labute approximate surface area is 458 Å². The molecule has 7 aromatic rings. The number of carboxylic acid groups (broad SMARTS) is 1. The van der Waals surface area contributed by atoms with Crippen molar-refractivity contribution >= 4 is 40.4 Å². The molecule has 10 rings (SSSR count). The molecule has 6 aromatic carbocycles. The summed E-state index contributed by atoms with van der Waals surface area (Å²) >= 11 is 1.55. The molecule has 0 atom stereocenters. The van der Waals surface area contributed by atoms with Crippen LogP contribution in [0.25, 0.3) is 54.7 Å². The molecule has 390 valence electrons. The molecule has 0 amide bonds. The van der Waals surface area contributed by atoms with Crippen LogP contribution < -0.4 is 4.90 Å². The van der Waals surface area contributed by atoms with E-state index in [1.165, 1.54) is 141 Å². The summed E-state index contributed by atoms with van der Waals surface area (Å²) < 4.78 is 0. The zero-order valence-electron chi connectivity index (χ0n) is 46.2. The maximum Gasteiger partial charge on any atom is 0.333 e. The van der Waals surface area contributed by atoms with Crippen LogP contribution in [0.1, 0.15) is 195 Å². The van der Waals surface area contributed by atoms with Crippen molar-refractivity contribution in [1.82, 2.24) is 0 Å². The van der Waals surface area contributed by atoms with Crippen molar-refractivity contribution in [2.45, 2.75) is 173 Å². The van der Waals surface area contributed by atoms with Crippen molar-refractivity contribution in [1.29, 1.82) is 0 Å². The van der Waals surface area contributed by atoms with Crippen LogP contribution in [-0.2, 0) is 21.0 Å². The number of hydrogen-bond donors (Lipinski definition) is 1. The average Bonchev–Trinajstić information content (AvgIpc) is 4.24. The second kappa shape index (κ2) is 22.6. The van der Waals surface area contributed by atoms with Crippen LogP contribution in [0, 0.1) is 6.57 Å². The largest absolute Gasteiger partial charge is 0.486 e. The van der Waals surface area contributed by atoms with Crippen LogP contribution in [0.15, 0.2) is 139 Å². The molecule has 76 heavy (non-hydrogen) atoms. The van der Waals surface area contributed by atoms with Crippen LogP contribution in [0.2, 0.25) is 0 Å². The van der Waals surface area contributed by atoms with Crippen LogP contribution in [0.5, 0.6) is 0 Å². The molecule has 0 aliphatic heterocycles. The Morgan fingerprint density at radius 1 is 0.474 bits per heavy atom. The second-order valence-corrected chi connectivity index (χ2v) is 23.5. The Kier molecular flexibility index (Phi) is 15.8. The predicted molar refractivity (Wildman–Crippen MR) is 322 cm³/mol. The van der Waals surface area contributed by atoms with E-state index in [9.17, 15) is 9.90 Å². The Morgan fingerprint density at radius 3 is 1.21 bits per heavy atom. The van der Waals surface area contributed by atoms with Crippen molar-refractivity contribution in [3.63, 3.8) is 0 Å². The molecule has 1 aromatic heterocycles. The van der Waals surface area contributed by atoms with Gasteiger partial charge in [0.25, 0.3) is 5.70 Å². The standard InChI is InChI=1S/C71H78N2O2S/c1-8-14-38-69(39-15-9-2)60-26-22-20-24-54(60)57-34-29-50(45-63(57)69)73(51-30-35-58-55-25-21-23-27-61(55)70(40-16-10-3,41-17-11-4)64(58)46-51)52-31-36-59-56-33-28-49(67-37-32-53(76-67)48-66(72-7)68(74)75)44-62(56)71(42-18-12-5,43-19-13-6)65(59)47-52/h20-37,44-48H,8-19,38-43H2,1-6H3,(H,74,75). The fourth-order valence-corrected chi connectivity index (χ4v) is 15.1. The van der Waals surface area contributed by atoms with E-state index in [4.69, 9.17) is 6.57 Å². The average molecular weight is 1020 g/mol. The second-order valence-electron chi connectivity index (χ2n) is 22.4. The number of nitrogens with zero attached hydrogens (tertiary/aromatic N) is 2. The van der Waals surface area contributed by atoms with Gasteiger partial charge >= 0.3 is 5.97 Å². The van der Waals surface area contributed by atoms with E-state index in [1.54, 1.807) is 11.3 Å². The maximum atomic E-state index is 11.8. The van der Waals surface area contributed by atoms with Crippen LogP contribution in [0.3, 0.4) is 0 Å². The summed E-state index contributed by atoms with van der Waals surface area (Å²) in [5.74, 6) is -1.20. The van der Waals surface area contributed by atoms with Gasteiger partial charge in [0.1, 0.15) is 0 Å². The summed E-state index contributed by atoms with van der Waals surface area (Å²) in [6.45, 7) is 21.5. The fourth-order valence-electron chi connectivity index (χ4n) is 14.1. The quantitative estimate of drug-likeness (QED) is 0.0485. The molecule has 5 heteroatoms. The number of benzene rings is 6. The SMILES string of the molecule is [C-]#[N+]C(=Cc1ccc(-c2ccc3c(c2)C(CCCC)(CCCC)c2cc(N(c4ccc5c(c4)C(CCCC)(CCCC)c4ccccc4-5)c4ccc5c(c4)C(CCCC)(CCCC)c4ccccc4-5)ccc2-3)s1)C(=O)O. The molecular formula is C71H78N2O2S. The van der Waals surface area contributed by atoms with Gasteiger partial charge in [-0.2, -0.15) is 0 Å². The normalized spacial score (nSPS) is 14.8. The van der Waals surface area contributed by atoms with Gasteiger partial charge in [-0.05, 0) is 172 Å². The summed E-state index contributed by atoms with van der Waals surface area (Å²) in [5, 5.41) is 9.65. The number of rotatable bonds is 24. The first-order valence-electron chi connectivity index (χ1n) is 29.2. The van der Waals surface area contributed by atoms with Crippen molar-refractivity contribution in [3.05, 3.63) is 189 Å². The van der Waals surface area contributed by atoms with Crippen molar-refractivity contribution in [2.75, 3.05) is 4.90 Å². The molecule has 0 saturated heterocycles. The van der Waals surface area contributed by atoms with E-state index >= 15 is 0 Å². The van der Waals surface area contributed by atoms with Crippen molar-refractivity contribution in [2.24, 2.45) is 0 Å². The topological polar surface area (TPSA) is 44.9 Å². The molecule has 3 aliphatic rings. The Hall–Kier alpha value is -6.48. The molecule has 0 saturated carbocycles. The van der Waals surface area contributed by atoms with Gasteiger partial charge in [-0.3, -0.25) is 4.79 Å². The van der Waals surface area contributed by atoms with Crippen molar-refractivity contribution < 1.29 is 9.90 Å². The molecule has 0 fully saturated rings. The van der Waals surface area contributed by atoms with Crippen molar-refractivity contribution in [3.8, 4) is 43.8 Å². The zero-order chi connectivity index (χ0) is 53.0. The number of carboxylic acids is 1. The molecule has 0 spiro atoms. The van der Waals surface area contributed by atoms with E-state index in [1.807, 2.05) is 6.07 Å². The number of carbonyl (C=O) groups is 1. The van der Waals surface area contributed by atoms with Gasteiger partial charge in [0.05, 0.1) is 6.57 Å². The number of aliphatic carboxylic acids is 1. The first-order chi connectivity index (χ1) is 37.1. The smallest absolute Gasteiger partial charge is 0.333 e. The molecule has 1 N–H and O–H groups in total. The van der Waals surface area contributed by atoms with E-state index < -0.39 is 5.97 Å². The number of hydrogen-bond acceptors (Lipinski definition) is 3.